The topological polar surface area (TPSA) is 88.8 Å². The smallest absolute Gasteiger partial charge is 0.334 e. The lowest BCUT2D eigenvalue weighted by Gasteiger charge is -2.33. The first-order valence-corrected chi connectivity index (χ1v) is 10.9. The van der Waals surface area contributed by atoms with Crippen molar-refractivity contribution in [2.75, 3.05) is 6.54 Å². The molecule has 31 heavy (non-hydrogen) atoms. The van der Waals surface area contributed by atoms with E-state index >= 15 is 4.39 Å². The maximum Gasteiger partial charge on any atom is 0.334 e. The van der Waals surface area contributed by atoms with Crippen molar-refractivity contribution in [2.24, 2.45) is 0 Å². The molecule has 0 aromatic carbocycles. The number of likely N-dealkylation sites (tertiary alicyclic amines) is 1. The number of carbonyl (C=O) groups excluding carboxylic acids is 1. The van der Waals surface area contributed by atoms with Crippen molar-refractivity contribution in [2.45, 2.75) is 76.4 Å². The third-order valence-electron chi connectivity index (χ3n) is 6.17. The quantitative estimate of drug-likeness (QED) is 0.704. The summed E-state index contributed by atoms with van der Waals surface area (Å²) in [5, 5.41) is 1.19. The monoisotopic (exact) mass is 430 g/mol. The number of hydrogen-bond donors (Lipinski definition) is 1. The fourth-order valence-corrected chi connectivity index (χ4v) is 4.85. The van der Waals surface area contributed by atoms with Crippen LogP contribution in [0.5, 0.6) is 0 Å². The number of alkyl halides is 1. The molecule has 3 aliphatic rings. The first-order valence-electron chi connectivity index (χ1n) is 10.9. The summed E-state index contributed by atoms with van der Waals surface area (Å²) >= 11 is 0. The maximum atomic E-state index is 15.4. The van der Waals surface area contributed by atoms with Gasteiger partial charge in [0.15, 0.2) is 0 Å². The molecule has 9 heteroatoms. The number of imidazole rings is 1. The Morgan fingerprint density at radius 3 is 2.58 bits per heavy atom. The van der Waals surface area contributed by atoms with Crippen molar-refractivity contribution in [3.63, 3.8) is 0 Å². The molecule has 1 N–H and O–H groups in total. The molecule has 166 valence electrons. The van der Waals surface area contributed by atoms with Gasteiger partial charge in [-0.15, -0.1) is 0 Å². The van der Waals surface area contributed by atoms with Gasteiger partial charge in [0.2, 0.25) is 0 Å². The van der Waals surface area contributed by atoms with E-state index in [0.29, 0.717) is 24.0 Å². The molecule has 5 rings (SSSR count). The molecule has 2 aromatic heterocycles. The van der Waals surface area contributed by atoms with Crippen molar-refractivity contribution in [1.29, 1.82) is 0 Å². The van der Waals surface area contributed by atoms with Crippen LogP contribution in [0.4, 0.5) is 4.39 Å². The van der Waals surface area contributed by atoms with E-state index in [1.165, 1.54) is 16.5 Å². The summed E-state index contributed by atoms with van der Waals surface area (Å²) in [4.78, 5) is 41.4. The van der Waals surface area contributed by atoms with E-state index in [1.54, 1.807) is 0 Å². The highest BCUT2D eigenvalue weighted by Crippen LogP contribution is 2.35. The molecule has 0 spiro atoms. The van der Waals surface area contributed by atoms with Crippen LogP contribution in [-0.2, 0) is 9.53 Å². The predicted octanol–water partition coefficient (Wildman–Crippen LogP) is 0.212. The highest BCUT2D eigenvalue weighted by Gasteiger charge is 2.41. The van der Waals surface area contributed by atoms with Gasteiger partial charge in [-0.25, -0.2) is 13.6 Å². The first-order chi connectivity index (χ1) is 14.6. The van der Waals surface area contributed by atoms with Gasteiger partial charge in [0.05, 0.1) is 16.7 Å². The minimum absolute atomic E-state index is 0.182. The lowest BCUT2D eigenvalue weighted by atomic mass is 10.0. The van der Waals surface area contributed by atoms with Crippen LogP contribution in [0.15, 0.2) is 15.7 Å². The summed E-state index contributed by atoms with van der Waals surface area (Å²) in [5.74, 6) is -0.332. The molecule has 1 aliphatic heterocycles. The third kappa shape index (κ3) is 3.44. The summed E-state index contributed by atoms with van der Waals surface area (Å²) in [6, 6.07) is 0.431. The minimum Gasteiger partial charge on any atom is -0.459 e. The molecule has 3 unspecified atom stereocenters. The van der Waals surface area contributed by atoms with Crippen molar-refractivity contribution in [3.05, 3.63) is 37.6 Å². The van der Waals surface area contributed by atoms with Gasteiger partial charge >= 0.3 is 11.7 Å². The number of H-pyrrole nitrogens is 1. The lowest BCUT2D eigenvalue weighted by molar-refractivity contribution is -0.160. The van der Waals surface area contributed by atoms with Gasteiger partial charge in [0.25, 0.3) is 5.56 Å². The van der Waals surface area contributed by atoms with Gasteiger partial charge < -0.3 is 9.30 Å². The highest BCUT2D eigenvalue weighted by atomic mass is 19.1. The molecule has 2 aliphatic carbocycles. The number of esters is 1. The number of aromatic nitrogens is 3. The van der Waals surface area contributed by atoms with Gasteiger partial charge in [-0.3, -0.25) is 19.5 Å². The molecule has 2 fully saturated rings. The van der Waals surface area contributed by atoms with Crippen LogP contribution >= 0.6 is 0 Å². The summed E-state index contributed by atoms with van der Waals surface area (Å²) in [6.45, 7) is 6.06. The van der Waals surface area contributed by atoms with Gasteiger partial charge in [-0.2, -0.15) is 0 Å². The van der Waals surface area contributed by atoms with Gasteiger partial charge in [0.1, 0.15) is 23.5 Å². The van der Waals surface area contributed by atoms with E-state index in [9.17, 15) is 14.4 Å². The largest absolute Gasteiger partial charge is 0.459 e. The van der Waals surface area contributed by atoms with Gasteiger partial charge in [-0.1, -0.05) is 0 Å². The molecule has 1 saturated heterocycles. The van der Waals surface area contributed by atoms with Gasteiger partial charge in [-0.05, 0) is 65.2 Å². The zero-order valence-corrected chi connectivity index (χ0v) is 17.9. The lowest BCUT2D eigenvalue weighted by Crippen LogP contribution is -2.52. The Morgan fingerprint density at radius 1 is 1.16 bits per heavy atom. The number of aromatic amines is 1. The number of fused-ring (bicyclic) bond motifs is 3. The Labute approximate surface area is 177 Å². The van der Waals surface area contributed by atoms with Crippen LogP contribution in [-0.4, -0.2) is 55.2 Å². The van der Waals surface area contributed by atoms with E-state index in [4.69, 9.17) is 4.74 Å². The van der Waals surface area contributed by atoms with Crippen LogP contribution in [0.1, 0.15) is 52.5 Å². The molecule has 3 heterocycles. The number of nitrogens with zero attached hydrogens (tertiary/aromatic N) is 3. The summed E-state index contributed by atoms with van der Waals surface area (Å²) in [7, 11) is 0. The summed E-state index contributed by atoms with van der Waals surface area (Å²) in [5.41, 5.74) is -1.17. The Balaban J connectivity index is 1.63. The number of nitrogens with one attached hydrogen (secondary N) is 1. The molecule has 1 saturated carbocycles. The Bertz CT molecular complexity index is 1290. The molecule has 2 aromatic rings. The second kappa shape index (κ2) is 6.91. The van der Waals surface area contributed by atoms with E-state index in [1.807, 2.05) is 36.3 Å². The fraction of sp³-hybridized carbons (Fsp3) is 0.591. The molecule has 8 nitrogen and oxygen atoms in total. The maximum absolute atomic E-state index is 15.4. The number of halogens is 1. The molecular formula is C22H27FN4O4. The normalized spacial score (nSPS) is 26.4. The third-order valence-corrected chi connectivity index (χ3v) is 6.17. The number of carbonyl (C=O) groups is 1. The summed E-state index contributed by atoms with van der Waals surface area (Å²) in [6.07, 6.45) is 5.16. The van der Waals surface area contributed by atoms with E-state index in [0.717, 1.165) is 24.6 Å². The van der Waals surface area contributed by atoms with Crippen LogP contribution in [0.25, 0.3) is 17.8 Å². The van der Waals surface area contributed by atoms with E-state index in [-0.39, 0.29) is 12.0 Å². The van der Waals surface area contributed by atoms with Crippen LogP contribution in [0.3, 0.4) is 0 Å². The zero-order valence-electron chi connectivity index (χ0n) is 17.9. The average Bonchev–Trinajstić information content (AvgIpc) is 3.27. The van der Waals surface area contributed by atoms with Crippen LogP contribution in [0, 0.1) is 0 Å². The van der Waals surface area contributed by atoms with Crippen molar-refractivity contribution in [3.8, 4) is 0 Å². The SMILES string of the molecule is CC(C)(C)OC(=O)C1CCCN1C1C=c2c(n3c(=O)[nH]c(=O)cc3n2C2CC2)=CC1F. The molecule has 0 radical (unpaired) electrons. The fourth-order valence-electron chi connectivity index (χ4n) is 4.85. The zero-order chi connectivity index (χ0) is 22.1. The summed E-state index contributed by atoms with van der Waals surface area (Å²) < 4.78 is 24.4. The standard InChI is InChI=1S/C22H27FN4O4/c1-22(2,3)31-20(29)14-5-4-8-25(14)15-10-17-16(9-13(15)23)27-19(26(17)12-6-7-12)11-18(28)24-21(27)30/h9-15H,4-8H2,1-3H3,(H,24,28,30). The van der Waals surface area contributed by atoms with Gasteiger partial charge in [0, 0.05) is 12.1 Å². The highest BCUT2D eigenvalue weighted by molar-refractivity contribution is 5.77. The van der Waals surface area contributed by atoms with Crippen molar-refractivity contribution in [1.82, 2.24) is 18.9 Å². The van der Waals surface area contributed by atoms with E-state index < -0.39 is 35.1 Å². The van der Waals surface area contributed by atoms with Crippen LogP contribution < -0.4 is 21.9 Å². The predicted molar refractivity (Wildman–Crippen MR) is 113 cm³/mol. The Hall–Kier alpha value is -2.68. The van der Waals surface area contributed by atoms with E-state index in [2.05, 4.69) is 4.98 Å². The van der Waals surface area contributed by atoms with Crippen molar-refractivity contribution >= 4 is 23.8 Å². The van der Waals surface area contributed by atoms with Crippen LogP contribution in [0.2, 0.25) is 0 Å². The molecular weight excluding hydrogens is 403 g/mol. The van der Waals surface area contributed by atoms with Crippen molar-refractivity contribution < 1.29 is 13.9 Å². The molecule has 3 atom stereocenters. The number of ether oxygens (including phenoxy) is 1. The number of hydrogen-bond acceptors (Lipinski definition) is 5. The second-order valence-corrected chi connectivity index (χ2v) is 9.70. The average molecular weight is 430 g/mol. The number of rotatable bonds is 3. The molecule has 0 amide bonds. The second-order valence-electron chi connectivity index (χ2n) is 9.70. The molecule has 0 bridgehead atoms. The Kier molecular flexibility index (Phi) is 4.51. The first kappa shape index (κ1) is 20.2. The minimum atomic E-state index is -1.40. The Morgan fingerprint density at radius 2 is 1.90 bits per heavy atom.